The van der Waals surface area contributed by atoms with Crippen molar-refractivity contribution in [1.29, 1.82) is 5.26 Å². The van der Waals surface area contributed by atoms with Crippen molar-refractivity contribution >= 4 is 17.7 Å². The zero-order chi connectivity index (χ0) is 28.1. The standard InChI is InChI=1S/C26H40F3N5O3/c1-23(2,3)19(31-13-26(27,28)29)22(37)34-12-16-17(25(16,6)7)18(34)21(36)32-15(11-30)10-14-8-9-24(4,5)33-20(14)35/h14-19,31H,8-10,12-13H2,1-7H3,(H,32,36)(H,33,35). The second-order valence-electron chi connectivity index (χ2n) is 13.2. The van der Waals surface area contributed by atoms with E-state index in [1.54, 1.807) is 20.8 Å². The van der Waals surface area contributed by atoms with E-state index in [0.717, 1.165) is 6.42 Å². The van der Waals surface area contributed by atoms with E-state index in [1.807, 2.05) is 27.7 Å². The minimum absolute atomic E-state index is 0.0438. The highest BCUT2D eigenvalue weighted by molar-refractivity contribution is 5.92. The third-order valence-electron chi connectivity index (χ3n) is 8.32. The summed E-state index contributed by atoms with van der Waals surface area (Å²) < 4.78 is 38.9. The molecule has 11 heteroatoms. The Balaban J connectivity index is 1.76. The highest BCUT2D eigenvalue weighted by Crippen LogP contribution is 2.65. The van der Waals surface area contributed by atoms with Gasteiger partial charge >= 0.3 is 6.18 Å². The number of nitrogens with one attached hydrogen (secondary N) is 3. The smallest absolute Gasteiger partial charge is 0.351 e. The zero-order valence-corrected chi connectivity index (χ0v) is 22.8. The van der Waals surface area contributed by atoms with Crippen molar-refractivity contribution in [3.63, 3.8) is 0 Å². The molecule has 3 amide bonds. The van der Waals surface area contributed by atoms with E-state index in [1.165, 1.54) is 4.90 Å². The van der Waals surface area contributed by atoms with Gasteiger partial charge in [-0.15, -0.1) is 0 Å². The molecule has 3 aliphatic rings. The van der Waals surface area contributed by atoms with Crippen molar-refractivity contribution in [3.8, 4) is 6.07 Å². The van der Waals surface area contributed by atoms with E-state index < -0.39 is 54.0 Å². The molecule has 0 bridgehead atoms. The van der Waals surface area contributed by atoms with Crippen molar-refractivity contribution in [1.82, 2.24) is 20.9 Å². The van der Waals surface area contributed by atoms with Crippen molar-refractivity contribution in [3.05, 3.63) is 0 Å². The maximum atomic E-state index is 13.6. The second kappa shape index (κ2) is 9.75. The lowest BCUT2D eigenvalue weighted by Crippen LogP contribution is -2.60. The molecule has 0 aromatic carbocycles. The highest BCUT2D eigenvalue weighted by Gasteiger charge is 2.69. The third kappa shape index (κ3) is 6.39. The molecule has 2 heterocycles. The molecule has 37 heavy (non-hydrogen) atoms. The minimum atomic E-state index is -4.49. The van der Waals surface area contributed by atoms with Gasteiger partial charge in [0.15, 0.2) is 0 Å². The lowest BCUT2D eigenvalue weighted by molar-refractivity contribution is -0.147. The summed E-state index contributed by atoms with van der Waals surface area (Å²) in [5.74, 6) is -1.74. The zero-order valence-electron chi connectivity index (χ0n) is 22.8. The number of carbonyl (C=O) groups is 3. The molecule has 0 aromatic heterocycles. The molecule has 6 atom stereocenters. The van der Waals surface area contributed by atoms with Crippen LogP contribution in [0.5, 0.6) is 0 Å². The largest absolute Gasteiger partial charge is 0.401 e. The molecule has 3 rings (SSSR count). The molecule has 1 aliphatic carbocycles. The second-order valence-corrected chi connectivity index (χ2v) is 13.2. The Morgan fingerprint density at radius 3 is 2.35 bits per heavy atom. The van der Waals surface area contributed by atoms with Crippen LogP contribution in [0.4, 0.5) is 13.2 Å². The summed E-state index contributed by atoms with van der Waals surface area (Å²) >= 11 is 0. The number of likely N-dealkylation sites (tertiary alicyclic amines) is 1. The fourth-order valence-corrected chi connectivity index (χ4v) is 6.04. The molecule has 3 N–H and O–H groups in total. The van der Waals surface area contributed by atoms with Crippen molar-refractivity contribution < 1.29 is 27.6 Å². The Morgan fingerprint density at radius 1 is 1.22 bits per heavy atom. The molecule has 0 spiro atoms. The lowest BCUT2D eigenvalue weighted by Gasteiger charge is -2.38. The van der Waals surface area contributed by atoms with Gasteiger partial charge in [0.05, 0.1) is 18.7 Å². The van der Waals surface area contributed by atoms with Crippen LogP contribution in [0.2, 0.25) is 0 Å². The van der Waals surface area contributed by atoms with Crippen LogP contribution in [0.1, 0.15) is 67.7 Å². The van der Waals surface area contributed by atoms with Gasteiger partial charge in [-0.05, 0) is 55.8 Å². The van der Waals surface area contributed by atoms with Crippen molar-refractivity contribution in [2.24, 2.45) is 28.6 Å². The molecule has 0 aromatic rings. The Morgan fingerprint density at radius 2 is 1.84 bits per heavy atom. The summed E-state index contributed by atoms with van der Waals surface area (Å²) in [6, 6.07) is -0.893. The van der Waals surface area contributed by atoms with Crippen LogP contribution in [0.15, 0.2) is 0 Å². The van der Waals surface area contributed by atoms with Gasteiger partial charge in [-0.25, -0.2) is 0 Å². The molecule has 3 fully saturated rings. The average Bonchev–Trinajstić information content (AvgIpc) is 3.07. The maximum absolute atomic E-state index is 13.6. The monoisotopic (exact) mass is 527 g/mol. The summed E-state index contributed by atoms with van der Waals surface area (Å²) in [5.41, 5.74) is -1.35. The number of hydrogen-bond acceptors (Lipinski definition) is 5. The number of carbonyl (C=O) groups excluding carboxylic acids is 3. The number of fused-ring (bicyclic) bond motifs is 1. The van der Waals surface area contributed by atoms with Crippen molar-refractivity contribution in [2.75, 3.05) is 13.1 Å². The van der Waals surface area contributed by atoms with Gasteiger partial charge < -0.3 is 15.5 Å². The molecule has 6 unspecified atom stereocenters. The van der Waals surface area contributed by atoms with E-state index in [4.69, 9.17) is 0 Å². The van der Waals surface area contributed by atoms with Gasteiger partial charge in [0.1, 0.15) is 12.1 Å². The van der Waals surface area contributed by atoms with Gasteiger partial charge in [0, 0.05) is 18.0 Å². The predicted octanol–water partition coefficient (Wildman–Crippen LogP) is 2.74. The van der Waals surface area contributed by atoms with Crippen LogP contribution >= 0.6 is 0 Å². The molecular weight excluding hydrogens is 487 g/mol. The fourth-order valence-electron chi connectivity index (χ4n) is 6.04. The van der Waals surface area contributed by atoms with Gasteiger partial charge in [-0.1, -0.05) is 34.6 Å². The molecular formula is C26H40F3N5O3. The van der Waals surface area contributed by atoms with Crippen LogP contribution in [-0.2, 0) is 14.4 Å². The highest BCUT2D eigenvalue weighted by atomic mass is 19.4. The number of alkyl halides is 3. The topological polar surface area (TPSA) is 114 Å². The number of nitriles is 1. The van der Waals surface area contributed by atoms with Crippen molar-refractivity contribution in [2.45, 2.75) is 97.6 Å². The number of hydrogen-bond donors (Lipinski definition) is 3. The first-order valence-corrected chi connectivity index (χ1v) is 12.9. The first-order chi connectivity index (χ1) is 16.8. The SMILES string of the molecule is CC1(C)CCC(CC(C#N)NC(=O)C2C3C(CN2C(=O)C(NCC(F)(F)F)C(C)(C)C)C3(C)C)C(=O)N1. The van der Waals surface area contributed by atoms with Crippen LogP contribution in [0.25, 0.3) is 0 Å². The number of piperidine rings is 2. The normalized spacial score (nSPS) is 30.0. The minimum Gasteiger partial charge on any atom is -0.351 e. The summed E-state index contributed by atoms with van der Waals surface area (Å²) in [6.07, 6.45) is -3.00. The summed E-state index contributed by atoms with van der Waals surface area (Å²) in [5, 5.41) is 17.8. The van der Waals surface area contributed by atoms with Crippen LogP contribution in [0, 0.1) is 39.9 Å². The molecule has 0 radical (unpaired) electrons. The lowest BCUT2D eigenvalue weighted by atomic mass is 9.83. The Kier molecular flexibility index (Phi) is 7.70. The maximum Gasteiger partial charge on any atom is 0.401 e. The van der Waals surface area contributed by atoms with Gasteiger partial charge in [0.25, 0.3) is 0 Å². The Bertz CT molecular complexity index is 966. The van der Waals surface area contributed by atoms with Gasteiger partial charge in [-0.2, -0.15) is 18.4 Å². The van der Waals surface area contributed by atoms with Crippen LogP contribution < -0.4 is 16.0 Å². The number of rotatable bonds is 7. The Hall–Kier alpha value is -2.35. The number of halogens is 3. The predicted molar refractivity (Wildman–Crippen MR) is 131 cm³/mol. The van der Waals surface area contributed by atoms with E-state index in [9.17, 15) is 32.8 Å². The van der Waals surface area contributed by atoms with Gasteiger partial charge in [-0.3, -0.25) is 19.7 Å². The number of nitrogens with zero attached hydrogens (tertiary/aromatic N) is 2. The van der Waals surface area contributed by atoms with Gasteiger partial charge in [0.2, 0.25) is 17.7 Å². The van der Waals surface area contributed by atoms with E-state index >= 15 is 0 Å². The molecule has 208 valence electrons. The first-order valence-electron chi connectivity index (χ1n) is 12.9. The third-order valence-corrected chi connectivity index (χ3v) is 8.32. The van der Waals surface area contributed by atoms with E-state index in [2.05, 4.69) is 22.0 Å². The molecule has 2 saturated heterocycles. The van der Waals surface area contributed by atoms with Crippen LogP contribution in [-0.4, -0.2) is 65.6 Å². The average molecular weight is 528 g/mol. The summed E-state index contributed by atoms with van der Waals surface area (Å²) in [7, 11) is 0. The number of amides is 3. The van der Waals surface area contributed by atoms with E-state index in [0.29, 0.717) is 6.42 Å². The van der Waals surface area contributed by atoms with E-state index in [-0.39, 0.29) is 41.7 Å². The summed E-state index contributed by atoms with van der Waals surface area (Å²) in [6.45, 7) is 11.8. The van der Waals surface area contributed by atoms with Crippen LogP contribution in [0.3, 0.4) is 0 Å². The fraction of sp³-hybridized carbons (Fsp3) is 0.846. The molecule has 2 aliphatic heterocycles. The quantitative estimate of drug-likeness (QED) is 0.471. The molecule has 1 saturated carbocycles. The Labute approximate surface area is 217 Å². The summed E-state index contributed by atoms with van der Waals surface area (Å²) in [4.78, 5) is 41.0. The molecule has 8 nitrogen and oxygen atoms in total. The first kappa shape index (κ1) is 29.2.